The number of nitrogens with zero attached hydrogens (tertiary/aromatic N) is 2. The largest absolute Gasteiger partial charge is 0.481 e. The highest BCUT2D eigenvalue weighted by molar-refractivity contribution is 5.87. The predicted octanol–water partition coefficient (Wildman–Crippen LogP) is 2.10. The van der Waals surface area contributed by atoms with Gasteiger partial charge in [0.05, 0.1) is 18.2 Å². The van der Waals surface area contributed by atoms with Crippen LogP contribution in [0.2, 0.25) is 0 Å². The molecule has 1 aromatic heterocycles. The van der Waals surface area contributed by atoms with Crippen molar-refractivity contribution in [2.75, 3.05) is 12.4 Å². The lowest BCUT2D eigenvalue weighted by Gasteiger charge is -2.10. The Hall–Kier alpha value is -2.63. The second-order valence-electron chi connectivity index (χ2n) is 4.21. The zero-order chi connectivity index (χ0) is 14.5. The van der Waals surface area contributed by atoms with Crippen LogP contribution in [0, 0.1) is 6.92 Å². The molecule has 20 heavy (non-hydrogen) atoms. The molecule has 0 saturated heterocycles. The van der Waals surface area contributed by atoms with Gasteiger partial charge in [-0.1, -0.05) is 12.1 Å². The van der Waals surface area contributed by atoms with Crippen molar-refractivity contribution < 1.29 is 14.6 Å². The van der Waals surface area contributed by atoms with E-state index in [1.807, 2.05) is 6.92 Å². The molecule has 0 spiro atoms. The summed E-state index contributed by atoms with van der Waals surface area (Å²) >= 11 is 0. The molecule has 2 aromatic rings. The summed E-state index contributed by atoms with van der Waals surface area (Å²) in [7, 11) is 1.56. The third-order valence-corrected chi connectivity index (χ3v) is 2.89. The molecule has 0 radical (unpaired) electrons. The topological polar surface area (TPSA) is 84.3 Å². The smallest absolute Gasteiger partial charge is 0.335 e. The van der Waals surface area contributed by atoms with E-state index in [9.17, 15) is 4.79 Å². The Morgan fingerprint density at radius 2 is 2.00 bits per heavy atom. The molecule has 0 aliphatic carbocycles. The van der Waals surface area contributed by atoms with Gasteiger partial charge in [-0.15, -0.1) is 0 Å². The summed E-state index contributed by atoms with van der Waals surface area (Å²) in [5, 5.41) is 12.0. The van der Waals surface area contributed by atoms with Gasteiger partial charge in [0.25, 0.3) is 0 Å². The van der Waals surface area contributed by atoms with Crippen LogP contribution < -0.4 is 10.1 Å². The van der Waals surface area contributed by atoms with Crippen molar-refractivity contribution in [1.82, 2.24) is 9.97 Å². The highest BCUT2D eigenvalue weighted by atomic mass is 16.5. The first kappa shape index (κ1) is 13.8. The van der Waals surface area contributed by atoms with E-state index in [1.165, 1.54) is 6.33 Å². The van der Waals surface area contributed by atoms with Gasteiger partial charge in [-0.25, -0.2) is 14.8 Å². The quantitative estimate of drug-likeness (QED) is 0.868. The minimum absolute atomic E-state index is 0.272. The van der Waals surface area contributed by atoms with E-state index < -0.39 is 5.97 Å². The van der Waals surface area contributed by atoms with E-state index in [1.54, 1.807) is 31.4 Å². The molecule has 0 amide bonds. The number of benzene rings is 1. The molecular weight excluding hydrogens is 258 g/mol. The second-order valence-corrected chi connectivity index (χ2v) is 4.21. The number of nitrogens with one attached hydrogen (secondary N) is 1. The first-order valence-electron chi connectivity index (χ1n) is 6.03. The van der Waals surface area contributed by atoms with Gasteiger partial charge >= 0.3 is 5.97 Å². The van der Waals surface area contributed by atoms with Gasteiger partial charge in [0.2, 0.25) is 5.88 Å². The summed E-state index contributed by atoms with van der Waals surface area (Å²) in [5.41, 5.74) is 2.07. The van der Waals surface area contributed by atoms with Crippen molar-refractivity contribution in [3.05, 3.63) is 47.3 Å². The maximum atomic E-state index is 10.8. The average molecular weight is 273 g/mol. The maximum Gasteiger partial charge on any atom is 0.335 e. The van der Waals surface area contributed by atoms with Crippen molar-refractivity contribution in [2.45, 2.75) is 13.5 Å². The van der Waals surface area contributed by atoms with Gasteiger partial charge in [0, 0.05) is 6.54 Å². The fraction of sp³-hybridized carbons (Fsp3) is 0.214. The van der Waals surface area contributed by atoms with Gasteiger partial charge in [0.1, 0.15) is 12.1 Å². The van der Waals surface area contributed by atoms with Crippen LogP contribution in [0.4, 0.5) is 5.82 Å². The van der Waals surface area contributed by atoms with Crippen molar-refractivity contribution in [3.63, 3.8) is 0 Å². The monoisotopic (exact) mass is 273 g/mol. The minimum Gasteiger partial charge on any atom is -0.481 e. The molecule has 0 fully saturated rings. The first-order chi connectivity index (χ1) is 9.61. The third-order valence-electron chi connectivity index (χ3n) is 2.89. The molecule has 2 N–H and O–H groups in total. The van der Waals surface area contributed by atoms with Crippen molar-refractivity contribution >= 4 is 11.8 Å². The van der Waals surface area contributed by atoms with Crippen LogP contribution in [-0.2, 0) is 6.54 Å². The normalized spacial score (nSPS) is 10.1. The number of anilines is 1. The van der Waals surface area contributed by atoms with Crippen LogP contribution >= 0.6 is 0 Å². The highest BCUT2D eigenvalue weighted by Gasteiger charge is 2.07. The van der Waals surface area contributed by atoms with E-state index in [0.717, 1.165) is 11.1 Å². The molecule has 0 aliphatic heterocycles. The van der Waals surface area contributed by atoms with Gasteiger partial charge in [-0.3, -0.25) is 0 Å². The van der Waals surface area contributed by atoms with Crippen LogP contribution in [0.3, 0.4) is 0 Å². The molecule has 2 rings (SSSR count). The van der Waals surface area contributed by atoms with Crippen LogP contribution in [0.15, 0.2) is 30.6 Å². The van der Waals surface area contributed by atoms with E-state index in [4.69, 9.17) is 9.84 Å². The molecule has 0 bridgehead atoms. The molecule has 0 saturated carbocycles. The molecule has 0 unspecified atom stereocenters. The lowest BCUT2D eigenvalue weighted by Crippen LogP contribution is -2.05. The summed E-state index contributed by atoms with van der Waals surface area (Å²) in [4.78, 5) is 18.9. The molecule has 1 aromatic carbocycles. The van der Waals surface area contributed by atoms with Crippen molar-refractivity contribution in [1.29, 1.82) is 0 Å². The maximum absolute atomic E-state index is 10.8. The summed E-state index contributed by atoms with van der Waals surface area (Å²) in [6.07, 6.45) is 1.43. The minimum atomic E-state index is -0.930. The van der Waals surface area contributed by atoms with E-state index >= 15 is 0 Å². The molecule has 1 heterocycles. The molecule has 0 atom stereocenters. The number of rotatable bonds is 5. The molecular formula is C14H15N3O3. The van der Waals surface area contributed by atoms with Crippen LogP contribution in [-0.4, -0.2) is 28.2 Å². The molecule has 0 aliphatic rings. The molecule has 6 nitrogen and oxygen atoms in total. The summed E-state index contributed by atoms with van der Waals surface area (Å²) < 4.78 is 5.12. The second kappa shape index (κ2) is 6.01. The summed E-state index contributed by atoms with van der Waals surface area (Å²) in [5.74, 6) is 0.295. The first-order valence-corrected chi connectivity index (χ1v) is 6.03. The zero-order valence-electron chi connectivity index (χ0n) is 11.3. The number of carbonyl (C=O) groups is 1. The Morgan fingerprint density at radius 3 is 2.60 bits per heavy atom. The van der Waals surface area contributed by atoms with Gasteiger partial charge in [-0.2, -0.15) is 0 Å². The summed E-state index contributed by atoms with van der Waals surface area (Å²) in [6.45, 7) is 2.41. The Balaban J connectivity index is 2.07. The predicted molar refractivity (Wildman–Crippen MR) is 74.0 cm³/mol. The van der Waals surface area contributed by atoms with Crippen molar-refractivity contribution in [2.24, 2.45) is 0 Å². The number of aromatic nitrogens is 2. The number of ether oxygens (including phenoxy) is 1. The van der Waals surface area contributed by atoms with Crippen LogP contribution in [0.1, 0.15) is 21.5 Å². The van der Waals surface area contributed by atoms with Gasteiger partial charge in [-0.05, 0) is 24.6 Å². The van der Waals surface area contributed by atoms with E-state index in [0.29, 0.717) is 18.2 Å². The lowest BCUT2D eigenvalue weighted by atomic mass is 10.1. The Morgan fingerprint density at radius 1 is 1.30 bits per heavy atom. The zero-order valence-corrected chi connectivity index (χ0v) is 11.3. The number of carboxylic acid groups (broad SMARTS) is 1. The molecule has 104 valence electrons. The number of hydrogen-bond acceptors (Lipinski definition) is 5. The fourth-order valence-electron chi connectivity index (χ4n) is 1.77. The van der Waals surface area contributed by atoms with Gasteiger partial charge < -0.3 is 15.2 Å². The third kappa shape index (κ3) is 3.03. The van der Waals surface area contributed by atoms with E-state index in [2.05, 4.69) is 15.3 Å². The number of carboxylic acids is 1. The van der Waals surface area contributed by atoms with Gasteiger partial charge in [0.15, 0.2) is 0 Å². The lowest BCUT2D eigenvalue weighted by molar-refractivity contribution is 0.0697. The Labute approximate surface area is 116 Å². The SMILES string of the molecule is COc1ncnc(NCc2ccc(C(=O)O)cc2)c1C. The number of methoxy groups -OCH3 is 1. The average Bonchev–Trinajstić information content (AvgIpc) is 2.46. The Kier molecular flexibility index (Phi) is 4.14. The van der Waals surface area contributed by atoms with Crippen molar-refractivity contribution in [3.8, 4) is 5.88 Å². The Bertz CT molecular complexity index is 612. The van der Waals surface area contributed by atoms with E-state index in [-0.39, 0.29) is 5.56 Å². The fourth-order valence-corrected chi connectivity index (χ4v) is 1.77. The number of hydrogen-bond donors (Lipinski definition) is 2. The molecule has 6 heteroatoms. The van der Waals surface area contributed by atoms with Crippen LogP contribution in [0.5, 0.6) is 5.88 Å². The highest BCUT2D eigenvalue weighted by Crippen LogP contribution is 2.20. The standard InChI is InChI=1S/C14H15N3O3/c1-9-12(16-8-17-13(9)20-2)15-7-10-3-5-11(6-4-10)14(18)19/h3-6,8H,7H2,1-2H3,(H,18,19)(H,15,16,17). The number of aromatic carboxylic acids is 1. The van der Waals surface area contributed by atoms with Crippen LogP contribution in [0.25, 0.3) is 0 Å². The summed E-state index contributed by atoms with van der Waals surface area (Å²) in [6, 6.07) is 6.69.